The molecule has 1 aliphatic rings. The maximum Gasteiger partial charge on any atom is 0.246 e. The first-order chi connectivity index (χ1) is 11.4. The van der Waals surface area contributed by atoms with Gasteiger partial charge in [0.15, 0.2) is 0 Å². The number of aliphatic hydroxyl groups excluding tert-OH is 1. The maximum atomic E-state index is 13.0. The van der Waals surface area contributed by atoms with Gasteiger partial charge in [-0.25, -0.2) is 8.42 Å². The summed E-state index contributed by atoms with van der Waals surface area (Å²) in [5, 5.41) is 11.4. The summed E-state index contributed by atoms with van der Waals surface area (Å²) < 4.78 is 32.5. The third-order valence-corrected chi connectivity index (χ3v) is 5.99. The van der Waals surface area contributed by atoms with E-state index >= 15 is 0 Å². The number of carbonyl (C=O) groups excluding carboxylic acids is 1. The maximum absolute atomic E-state index is 13.0. The van der Waals surface area contributed by atoms with Crippen molar-refractivity contribution in [1.82, 2.24) is 9.62 Å². The summed E-state index contributed by atoms with van der Waals surface area (Å²) in [6.07, 6.45) is 1.25. The van der Waals surface area contributed by atoms with Gasteiger partial charge >= 0.3 is 0 Å². The lowest BCUT2D eigenvalue weighted by atomic mass is 9.99. The predicted molar refractivity (Wildman–Crippen MR) is 89.3 cm³/mol. The number of aliphatic hydroxyl groups is 1. The molecule has 24 heavy (non-hydrogen) atoms. The second-order valence-corrected chi connectivity index (χ2v) is 7.78. The minimum atomic E-state index is -3.74. The van der Waals surface area contributed by atoms with Crippen molar-refractivity contribution in [3.8, 4) is 5.75 Å². The first-order valence-electron chi connectivity index (χ1n) is 7.93. The average Bonchev–Trinajstić information content (AvgIpc) is 2.59. The molecule has 0 radical (unpaired) electrons. The summed E-state index contributed by atoms with van der Waals surface area (Å²) in [4.78, 5) is 12.2. The topological polar surface area (TPSA) is 95.9 Å². The Balaban J connectivity index is 2.23. The van der Waals surface area contributed by atoms with E-state index in [1.165, 1.54) is 11.4 Å². The SMILES string of the molecule is COc1ccc(C)cc1S(=O)(=O)N1CCCC(C(=O)NCCO)C1. The second-order valence-electron chi connectivity index (χ2n) is 5.87. The van der Waals surface area contributed by atoms with Gasteiger partial charge in [-0.3, -0.25) is 4.79 Å². The molecule has 0 aromatic heterocycles. The number of benzene rings is 1. The van der Waals surface area contributed by atoms with Gasteiger partial charge < -0.3 is 15.2 Å². The molecule has 1 unspecified atom stereocenters. The highest BCUT2D eigenvalue weighted by molar-refractivity contribution is 7.89. The molecule has 1 amide bonds. The van der Waals surface area contributed by atoms with E-state index in [-0.39, 0.29) is 30.5 Å². The molecule has 2 N–H and O–H groups in total. The van der Waals surface area contributed by atoms with E-state index in [2.05, 4.69) is 5.32 Å². The minimum absolute atomic E-state index is 0.126. The third kappa shape index (κ3) is 4.06. The molecular weight excluding hydrogens is 332 g/mol. The molecule has 0 saturated carbocycles. The van der Waals surface area contributed by atoms with Gasteiger partial charge in [-0.15, -0.1) is 0 Å². The molecule has 1 aliphatic heterocycles. The number of hydrogen-bond donors (Lipinski definition) is 2. The largest absolute Gasteiger partial charge is 0.495 e. The van der Waals surface area contributed by atoms with Gasteiger partial charge in [-0.1, -0.05) is 6.07 Å². The summed E-state index contributed by atoms with van der Waals surface area (Å²) in [5.41, 5.74) is 0.823. The summed E-state index contributed by atoms with van der Waals surface area (Å²) in [5.74, 6) is -0.330. The molecule has 1 fully saturated rings. The molecule has 134 valence electrons. The second kappa shape index (κ2) is 7.96. The lowest BCUT2D eigenvalue weighted by Gasteiger charge is -2.31. The van der Waals surface area contributed by atoms with Gasteiger partial charge in [0.05, 0.1) is 19.6 Å². The smallest absolute Gasteiger partial charge is 0.246 e. The monoisotopic (exact) mass is 356 g/mol. The highest BCUT2D eigenvalue weighted by Crippen LogP contribution is 2.30. The number of rotatable bonds is 6. The molecule has 2 rings (SSSR count). The van der Waals surface area contributed by atoms with E-state index in [0.29, 0.717) is 25.1 Å². The van der Waals surface area contributed by atoms with Crippen LogP contribution in [0.15, 0.2) is 23.1 Å². The highest BCUT2D eigenvalue weighted by atomic mass is 32.2. The standard InChI is InChI=1S/C16H24N2O5S/c1-12-5-6-14(23-2)15(10-12)24(21,22)18-8-3-4-13(11-18)16(20)17-7-9-19/h5-6,10,13,19H,3-4,7-9,11H2,1-2H3,(H,17,20). The van der Waals surface area contributed by atoms with Crippen molar-refractivity contribution < 1.29 is 23.1 Å². The zero-order valence-corrected chi connectivity index (χ0v) is 14.8. The van der Waals surface area contributed by atoms with Crippen LogP contribution >= 0.6 is 0 Å². The van der Waals surface area contributed by atoms with Gasteiger partial charge in [0, 0.05) is 19.6 Å². The Labute approximate surface area is 142 Å². The summed E-state index contributed by atoms with van der Waals surface area (Å²) in [6, 6.07) is 5.01. The van der Waals surface area contributed by atoms with Crippen molar-refractivity contribution in [2.45, 2.75) is 24.7 Å². The predicted octanol–water partition coefficient (Wildman–Crippen LogP) is 0.513. The van der Waals surface area contributed by atoms with Crippen molar-refractivity contribution in [3.63, 3.8) is 0 Å². The van der Waals surface area contributed by atoms with E-state index in [9.17, 15) is 13.2 Å². The van der Waals surface area contributed by atoms with Crippen LogP contribution in [0.5, 0.6) is 5.75 Å². The Hall–Kier alpha value is -1.64. The van der Waals surface area contributed by atoms with Crippen LogP contribution in [0.3, 0.4) is 0 Å². The molecule has 1 aromatic rings. The quantitative estimate of drug-likeness (QED) is 0.774. The lowest BCUT2D eigenvalue weighted by Crippen LogP contribution is -2.45. The summed E-state index contributed by atoms with van der Waals surface area (Å²) >= 11 is 0. The van der Waals surface area contributed by atoms with Gasteiger partial charge in [0.2, 0.25) is 15.9 Å². The molecule has 1 saturated heterocycles. The van der Waals surface area contributed by atoms with E-state index in [1.807, 2.05) is 6.92 Å². The number of hydrogen-bond acceptors (Lipinski definition) is 5. The number of ether oxygens (including phenoxy) is 1. The Morgan fingerprint density at radius 1 is 1.46 bits per heavy atom. The highest BCUT2D eigenvalue weighted by Gasteiger charge is 2.34. The fourth-order valence-corrected chi connectivity index (χ4v) is 4.59. The Kier molecular flexibility index (Phi) is 6.20. The number of piperidine rings is 1. The van der Waals surface area contributed by atoms with Crippen LogP contribution < -0.4 is 10.1 Å². The molecular formula is C16H24N2O5S. The number of methoxy groups -OCH3 is 1. The van der Waals surface area contributed by atoms with Gasteiger partial charge in [-0.2, -0.15) is 4.31 Å². The molecule has 0 aliphatic carbocycles. The van der Waals surface area contributed by atoms with Gasteiger partial charge in [0.1, 0.15) is 10.6 Å². The molecule has 1 atom stereocenters. The Bertz CT molecular complexity index is 690. The van der Waals surface area contributed by atoms with Crippen LogP contribution in [-0.2, 0) is 14.8 Å². The molecule has 0 spiro atoms. The van der Waals surface area contributed by atoms with Crippen LogP contribution in [0.25, 0.3) is 0 Å². The van der Waals surface area contributed by atoms with Crippen LogP contribution in [-0.4, -0.2) is 57.1 Å². The zero-order chi connectivity index (χ0) is 17.7. The number of amides is 1. The molecule has 0 bridgehead atoms. The van der Waals surface area contributed by atoms with Crippen molar-refractivity contribution in [2.75, 3.05) is 33.4 Å². The van der Waals surface area contributed by atoms with E-state index in [1.54, 1.807) is 18.2 Å². The van der Waals surface area contributed by atoms with Crippen LogP contribution in [0, 0.1) is 12.8 Å². The summed E-state index contributed by atoms with van der Waals surface area (Å²) in [6.45, 7) is 2.37. The number of aryl methyl sites for hydroxylation is 1. The zero-order valence-electron chi connectivity index (χ0n) is 14.0. The van der Waals surface area contributed by atoms with Crippen molar-refractivity contribution in [3.05, 3.63) is 23.8 Å². The fraction of sp³-hybridized carbons (Fsp3) is 0.562. The minimum Gasteiger partial charge on any atom is -0.495 e. The number of nitrogens with zero attached hydrogens (tertiary/aromatic N) is 1. The number of sulfonamides is 1. The summed E-state index contributed by atoms with van der Waals surface area (Å²) in [7, 11) is -2.30. The van der Waals surface area contributed by atoms with Gasteiger partial charge in [-0.05, 0) is 37.5 Å². The molecule has 8 heteroatoms. The third-order valence-electron chi connectivity index (χ3n) is 4.10. The van der Waals surface area contributed by atoms with Crippen molar-refractivity contribution in [2.24, 2.45) is 5.92 Å². The van der Waals surface area contributed by atoms with E-state index < -0.39 is 15.9 Å². The van der Waals surface area contributed by atoms with Gasteiger partial charge in [0.25, 0.3) is 0 Å². The fourth-order valence-electron chi connectivity index (χ4n) is 2.82. The first-order valence-corrected chi connectivity index (χ1v) is 9.37. The average molecular weight is 356 g/mol. The van der Waals surface area contributed by atoms with Crippen LogP contribution in [0.1, 0.15) is 18.4 Å². The van der Waals surface area contributed by atoms with Crippen LogP contribution in [0.2, 0.25) is 0 Å². The first kappa shape index (κ1) is 18.7. The van der Waals surface area contributed by atoms with E-state index in [4.69, 9.17) is 9.84 Å². The molecule has 7 nitrogen and oxygen atoms in total. The number of nitrogens with one attached hydrogen (secondary N) is 1. The van der Waals surface area contributed by atoms with Crippen LogP contribution in [0.4, 0.5) is 0 Å². The number of carbonyl (C=O) groups is 1. The van der Waals surface area contributed by atoms with Crippen molar-refractivity contribution in [1.29, 1.82) is 0 Å². The Morgan fingerprint density at radius 3 is 2.88 bits per heavy atom. The normalized spacial score (nSPS) is 19.0. The Morgan fingerprint density at radius 2 is 2.21 bits per heavy atom. The lowest BCUT2D eigenvalue weighted by molar-refractivity contribution is -0.126. The van der Waals surface area contributed by atoms with E-state index in [0.717, 1.165) is 5.56 Å². The molecule has 1 heterocycles. The molecule has 1 aromatic carbocycles. The van der Waals surface area contributed by atoms with Crippen molar-refractivity contribution >= 4 is 15.9 Å².